The van der Waals surface area contributed by atoms with Crippen molar-refractivity contribution in [2.24, 2.45) is 0 Å². The van der Waals surface area contributed by atoms with Crippen molar-refractivity contribution < 1.29 is 4.79 Å². The molecule has 7 heteroatoms. The molecule has 0 atom stereocenters. The number of carbonyl (C=O) groups is 1. The Balaban J connectivity index is 1.77. The minimum absolute atomic E-state index is 0.144. The molecule has 0 radical (unpaired) electrons. The van der Waals surface area contributed by atoms with Crippen LogP contribution in [0, 0.1) is 0 Å². The summed E-state index contributed by atoms with van der Waals surface area (Å²) in [5.41, 5.74) is 7.17. The molecule has 0 saturated carbocycles. The van der Waals surface area contributed by atoms with Crippen LogP contribution >= 0.6 is 0 Å². The lowest BCUT2D eigenvalue weighted by Crippen LogP contribution is -2.43. The van der Waals surface area contributed by atoms with Crippen LogP contribution < -0.4 is 11.1 Å². The lowest BCUT2D eigenvalue weighted by Gasteiger charge is -2.29. The van der Waals surface area contributed by atoms with Crippen molar-refractivity contribution in [2.75, 3.05) is 25.9 Å². The van der Waals surface area contributed by atoms with Gasteiger partial charge in [0, 0.05) is 6.04 Å². The van der Waals surface area contributed by atoms with E-state index < -0.39 is 0 Å². The Labute approximate surface area is 116 Å². The van der Waals surface area contributed by atoms with Crippen LogP contribution in [0.3, 0.4) is 0 Å². The van der Waals surface area contributed by atoms with Crippen LogP contribution in [-0.4, -0.2) is 52.2 Å². The summed E-state index contributed by atoms with van der Waals surface area (Å²) in [6, 6.07) is 1.93. The van der Waals surface area contributed by atoms with Gasteiger partial charge in [-0.2, -0.15) is 5.10 Å². The number of piperidine rings is 1. The number of amides is 1. The van der Waals surface area contributed by atoms with Crippen molar-refractivity contribution in [1.82, 2.24) is 25.4 Å². The molecule has 0 unspecified atom stereocenters. The van der Waals surface area contributed by atoms with Crippen molar-refractivity contribution in [3.8, 4) is 0 Å². The molecule has 2 aromatic heterocycles. The molecule has 2 aromatic rings. The number of aromatic amines is 1. The normalized spacial score (nSPS) is 17.4. The summed E-state index contributed by atoms with van der Waals surface area (Å²) in [5.74, 6) is -0.144. The summed E-state index contributed by atoms with van der Waals surface area (Å²) in [6.07, 6.45) is 3.46. The van der Waals surface area contributed by atoms with Crippen molar-refractivity contribution in [1.29, 1.82) is 0 Å². The van der Waals surface area contributed by atoms with Crippen LogP contribution in [0.25, 0.3) is 11.0 Å². The average Bonchev–Trinajstić information content (AvgIpc) is 2.84. The monoisotopic (exact) mass is 274 g/mol. The highest BCUT2D eigenvalue weighted by molar-refractivity contribution is 6.04. The van der Waals surface area contributed by atoms with E-state index in [1.54, 1.807) is 6.07 Å². The number of fused-ring (bicyclic) bond motifs is 1. The van der Waals surface area contributed by atoms with Gasteiger partial charge in [-0.1, -0.05) is 0 Å². The van der Waals surface area contributed by atoms with Gasteiger partial charge in [-0.25, -0.2) is 4.98 Å². The number of carbonyl (C=O) groups excluding carboxylic acids is 1. The number of anilines is 1. The number of nitrogens with one attached hydrogen (secondary N) is 2. The summed E-state index contributed by atoms with van der Waals surface area (Å²) in [4.78, 5) is 18.7. The summed E-state index contributed by atoms with van der Waals surface area (Å²) in [6.45, 7) is 2.01. The number of aromatic nitrogens is 3. The van der Waals surface area contributed by atoms with Crippen molar-refractivity contribution in [2.45, 2.75) is 18.9 Å². The zero-order valence-corrected chi connectivity index (χ0v) is 11.4. The summed E-state index contributed by atoms with van der Waals surface area (Å²) >= 11 is 0. The fraction of sp³-hybridized carbons (Fsp3) is 0.462. The molecule has 0 aromatic carbocycles. The van der Waals surface area contributed by atoms with Crippen molar-refractivity contribution in [3.05, 3.63) is 18.0 Å². The Kier molecular flexibility index (Phi) is 3.27. The maximum atomic E-state index is 12.3. The summed E-state index contributed by atoms with van der Waals surface area (Å²) in [5, 5.41) is 10.5. The van der Waals surface area contributed by atoms with E-state index in [1.165, 1.54) is 6.20 Å². The molecule has 1 aliphatic rings. The van der Waals surface area contributed by atoms with Crippen LogP contribution in [-0.2, 0) is 0 Å². The number of H-pyrrole nitrogens is 1. The van der Waals surface area contributed by atoms with Gasteiger partial charge in [-0.3, -0.25) is 9.89 Å². The van der Waals surface area contributed by atoms with E-state index >= 15 is 0 Å². The molecule has 1 saturated heterocycles. The van der Waals surface area contributed by atoms with E-state index in [1.807, 2.05) is 0 Å². The van der Waals surface area contributed by atoms with Gasteiger partial charge < -0.3 is 16.0 Å². The highest BCUT2D eigenvalue weighted by Crippen LogP contribution is 2.17. The van der Waals surface area contributed by atoms with Crippen LogP contribution in [0.2, 0.25) is 0 Å². The molecule has 1 amide bonds. The Morgan fingerprint density at radius 3 is 3.00 bits per heavy atom. The minimum atomic E-state index is -0.144. The first kappa shape index (κ1) is 12.9. The second kappa shape index (κ2) is 5.09. The van der Waals surface area contributed by atoms with E-state index in [9.17, 15) is 4.79 Å². The molecular formula is C13H18N6O. The molecule has 7 nitrogen and oxygen atoms in total. The molecule has 0 spiro atoms. The molecule has 20 heavy (non-hydrogen) atoms. The lowest BCUT2D eigenvalue weighted by molar-refractivity contribution is 0.0913. The second-order valence-electron chi connectivity index (χ2n) is 5.29. The number of hydrogen-bond donors (Lipinski definition) is 3. The lowest BCUT2D eigenvalue weighted by atomic mass is 10.1. The van der Waals surface area contributed by atoms with Crippen LogP contribution in [0.15, 0.2) is 12.3 Å². The fourth-order valence-corrected chi connectivity index (χ4v) is 2.50. The van der Waals surface area contributed by atoms with E-state index in [2.05, 4.69) is 32.4 Å². The van der Waals surface area contributed by atoms with Crippen LogP contribution in [0.1, 0.15) is 23.3 Å². The molecule has 4 N–H and O–H groups in total. The Morgan fingerprint density at radius 2 is 2.25 bits per heavy atom. The van der Waals surface area contributed by atoms with Gasteiger partial charge >= 0.3 is 0 Å². The Hall–Kier alpha value is -2.15. The molecular weight excluding hydrogens is 256 g/mol. The SMILES string of the molecule is CN1CCC(NC(=O)c2[nH]nc3ncc(N)cc23)CC1. The number of pyridine rings is 1. The number of likely N-dealkylation sites (tertiary alicyclic amines) is 1. The van der Waals surface area contributed by atoms with Crippen molar-refractivity contribution in [3.63, 3.8) is 0 Å². The number of hydrogen-bond acceptors (Lipinski definition) is 5. The molecule has 0 aliphatic carbocycles. The maximum Gasteiger partial charge on any atom is 0.270 e. The van der Waals surface area contributed by atoms with E-state index in [0.717, 1.165) is 25.9 Å². The summed E-state index contributed by atoms with van der Waals surface area (Å²) in [7, 11) is 2.09. The average molecular weight is 274 g/mol. The van der Waals surface area contributed by atoms with Gasteiger partial charge in [-0.05, 0) is 39.0 Å². The van der Waals surface area contributed by atoms with Gasteiger partial charge in [0.2, 0.25) is 0 Å². The first-order chi connectivity index (χ1) is 9.63. The zero-order chi connectivity index (χ0) is 14.1. The topological polar surface area (TPSA) is 99.9 Å². The van der Waals surface area contributed by atoms with Gasteiger partial charge in [0.05, 0.1) is 17.3 Å². The summed E-state index contributed by atoms with van der Waals surface area (Å²) < 4.78 is 0. The Morgan fingerprint density at radius 1 is 1.50 bits per heavy atom. The second-order valence-corrected chi connectivity index (χ2v) is 5.29. The van der Waals surface area contributed by atoms with Gasteiger partial charge in [0.15, 0.2) is 5.65 Å². The molecule has 0 bridgehead atoms. The number of rotatable bonds is 2. The molecule has 106 valence electrons. The first-order valence-corrected chi connectivity index (χ1v) is 6.72. The molecule has 3 heterocycles. The molecule has 1 aliphatic heterocycles. The van der Waals surface area contributed by atoms with Gasteiger partial charge in [-0.15, -0.1) is 0 Å². The molecule has 3 rings (SSSR count). The van der Waals surface area contributed by atoms with E-state index in [-0.39, 0.29) is 11.9 Å². The smallest absolute Gasteiger partial charge is 0.270 e. The third kappa shape index (κ3) is 2.44. The highest BCUT2D eigenvalue weighted by atomic mass is 16.2. The predicted octanol–water partition coefficient (Wildman–Crippen LogP) is 0.364. The first-order valence-electron chi connectivity index (χ1n) is 6.72. The third-order valence-corrected chi connectivity index (χ3v) is 3.71. The van der Waals surface area contributed by atoms with Crippen LogP contribution in [0.5, 0.6) is 0 Å². The molecule has 1 fully saturated rings. The van der Waals surface area contributed by atoms with Crippen LogP contribution in [0.4, 0.5) is 5.69 Å². The number of nitrogens with zero attached hydrogens (tertiary/aromatic N) is 3. The highest BCUT2D eigenvalue weighted by Gasteiger charge is 2.21. The standard InChI is InChI=1S/C13H18N6O/c1-19-4-2-9(3-5-19)16-13(20)11-10-6-8(14)7-15-12(10)18-17-11/h6-7,9H,2-5,14H2,1H3,(H,16,20)(H,15,17,18). The van der Waals surface area contributed by atoms with Gasteiger partial charge in [0.25, 0.3) is 5.91 Å². The van der Waals surface area contributed by atoms with E-state index in [4.69, 9.17) is 5.73 Å². The zero-order valence-electron chi connectivity index (χ0n) is 11.4. The minimum Gasteiger partial charge on any atom is -0.397 e. The third-order valence-electron chi connectivity index (χ3n) is 3.71. The number of nitrogen functional groups attached to an aromatic ring is 1. The largest absolute Gasteiger partial charge is 0.397 e. The van der Waals surface area contributed by atoms with E-state index in [0.29, 0.717) is 22.4 Å². The quantitative estimate of drug-likeness (QED) is 0.734. The fourth-order valence-electron chi connectivity index (χ4n) is 2.50. The predicted molar refractivity (Wildman–Crippen MR) is 76.3 cm³/mol. The van der Waals surface area contributed by atoms with Gasteiger partial charge in [0.1, 0.15) is 5.69 Å². The maximum absolute atomic E-state index is 12.3. The Bertz CT molecular complexity index is 629. The number of nitrogens with two attached hydrogens (primary N) is 1. The van der Waals surface area contributed by atoms with Crippen molar-refractivity contribution >= 4 is 22.6 Å².